The number of likely N-dealkylation sites (tertiary alicyclic amines) is 1. The van der Waals surface area contributed by atoms with Crippen LogP contribution in [0.1, 0.15) is 74.8 Å². The quantitative estimate of drug-likeness (QED) is 0.830. The van der Waals surface area contributed by atoms with Gasteiger partial charge in [0.2, 0.25) is 0 Å². The summed E-state index contributed by atoms with van der Waals surface area (Å²) in [5.41, 5.74) is 2.44. The average Bonchev–Trinajstić information content (AvgIpc) is 3.20. The Hall–Kier alpha value is -2.08. The lowest BCUT2D eigenvalue weighted by molar-refractivity contribution is 0.0724. The van der Waals surface area contributed by atoms with Gasteiger partial charge in [-0.2, -0.15) is 0 Å². The number of piperidine rings is 1. The summed E-state index contributed by atoms with van der Waals surface area (Å²) in [7, 11) is 0. The molecule has 1 fully saturated rings. The van der Waals surface area contributed by atoms with Gasteiger partial charge in [0.25, 0.3) is 11.8 Å². The summed E-state index contributed by atoms with van der Waals surface area (Å²) in [5, 5.41) is 3.74. The average molecular weight is 387 g/mol. The minimum atomic E-state index is -0.198. The summed E-state index contributed by atoms with van der Waals surface area (Å²) >= 11 is 1.58. The molecule has 0 unspecified atom stereocenters. The van der Waals surface area contributed by atoms with Crippen LogP contribution in [-0.4, -0.2) is 29.8 Å². The first-order valence-electron chi connectivity index (χ1n) is 9.87. The van der Waals surface area contributed by atoms with Gasteiger partial charge in [-0.05, 0) is 70.4 Å². The molecule has 0 bridgehead atoms. The van der Waals surface area contributed by atoms with Crippen molar-refractivity contribution < 1.29 is 14.0 Å². The Kier molecular flexibility index (Phi) is 5.08. The molecule has 0 spiro atoms. The van der Waals surface area contributed by atoms with Crippen LogP contribution in [0.25, 0.3) is 0 Å². The molecule has 1 aliphatic heterocycles. The highest BCUT2D eigenvalue weighted by Crippen LogP contribution is 2.39. The molecule has 4 rings (SSSR count). The van der Waals surface area contributed by atoms with E-state index in [-0.39, 0.29) is 11.8 Å². The van der Waals surface area contributed by atoms with Crippen molar-refractivity contribution in [1.82, 2.24) is 4.90 Å². The second kappa shape index (κ2) is 7.50. The zero-order valence-corrected chi connectivity index (χ0v) is 16.8. The van der Waals surface area contributed by atoms with Gasteiger partial charge in [0.05, 0.1) is 11.1 Å². The van der Waals surface area contributed by atoms with E-state index in [0.717, 1.165) is 62.7 Å². The number of hydrogen-bond donors (Lipinski definition) is 1. The van der Waals surface area contributed by atoms with Crippen LogP contribution in [0, 0.1) is 13.8 Å². The topological polar surface area (TPSA) is 62.6 Å². The maximum absolute atomic E-state index is 13.3. The zero-order chi connectivity index (χ0) is 19.0. The van der Waals surface area contributed by atoms with E-state index in [1.807, 2.05) is 11.8 Å². The number of carbonyl (C=O) groups is 2. The monoisotopic (exact) mass is 386 g/mol. The third kappa shape index (κ3) is 3.55. The summed E-state index contributed by atoms with van der Waals surface area (Å²) in [6, 6.07) is 1.75. The summed E-state index contributed by atoms with van der Waals surface area (Å²) in [6.45, 7) is 5.26. The standard InChI is InChI=1S/C21H26N2O3S/c1-13-12-16(14(2)26-13)19(24)22-20-18(15-8-4-5-9-17(15)27-20)21(25)23-10-6-3-7-11-23/h12H,3-11H2,1-2H3,(H,22,24). The fourth-order valence-electron chi connectivity index (χ4n) is 4.16. The zero-order valence-electron chi connectivity index (χ0n) is 16.0. The van der Waals surface area contributed by atoms with E-state index in [2.05, 4.69) is 5.32 Å². The molecule has 3 heterocycles. The van der Waals surface area contributed by atoms with Gasteiger partial charge < -0.3 is 14.6 Å². The van der Waals surface area contributed by atoms with Gasteiger partial charge in [0.1, 0.15) is 16.5 Å². The molecule has 2 amide bonds. The highest BCUT2D eigenvalue weighted by atomic mass is 32.1. The van der Waals surface area contributed by atoms with Crippen LogP contribution >= 0.6 is 11.3 Å². The molecule has 1 saturated heterocycles. The summed E-state index contributed by atoms with van der Waals surface area (Å²) < 4.78 is 5.49. The Bertz CT molecular complexity index is 874. The molecular formula is C21H26N2O3S. The number of carbonyl (C=O) groups excluding carboxylic acids is 2. The minimum Gasteiger partial charge on any atom is -0.466 e. The molecule has 2 aliphatic rings. The van der Waals surface area contributed by atoms with Crippen molar-refractivity contribution in [2.45, 2.75) is 58.8 Å². The van der Waals surface area contributed by atoms with Crippen molar-refractivity contribution >= 4 is 28.2 Å². The molecule has 0 atom stereocenters. The molecule has 1 aliphatic carbocycles. The maximum Gasteiger partial charge on any atom is 0.259 e. The molecule has 2 aromatic heterocycles. The molecule has 2 aromatic rings. The van der Waals surface area contributed by atoms with Crippen LogP contribution in [0.3, 0.4) is 0 Å². The Morgan fingerprint density at radius 2 is 1.81 bits per heavy atom. The number of hydrogen-bond acceptors (Lipinski definition) is 4. The van der Waals surface area contributed by atoms with Gasteiger partial charge >= 0.3 is 0 Å². The van der Waals surface area contributed by atoms with E-state index in [1.165, 1.54) is 11.3 Å². The fraction of sp³-hybridized carbons (Fsp3) is 0.524. The van der Waals surface area contributed by atoms with Crippen LogP contribution < -0.4 is 5.32 Å². The molecule has 1 N–H and O–H groups in total. The highest BCUT2D eigenvalue weighted by Gasteiger charge is 2.30. The van der Waals surface area contributed by atoms with Crippen molar-refractivity contribution in [3.8, 4) is 0 Å². The minimum absolute atomic E-state index is 0.0875. The predicted octanol–water partition coefficient (Wildman–Crippen LogP) is 4.72. The molecule has 5 nitrogen and oxygen atoms in total. The van der Waals surface area contributed by atoms with Crippen LogP contribution in [0.4, 0.5) is 5.00 Å². The van der Waals surface area contributed by atoms with E-state index in [4.69, 9.17) is 4.42 Å². The number of nitrogens with zero attached hydrogens (tertiary/aromatic N) is 1. The number of anilines is 1. The van der Waals surface area contributed by atoms with Gasteiger partial charge in [-0.3, -0.25) is 9.59 Å². The maximum atomic E-state index is 13.3. The highest BCUT2D eigenvalue weighted by molar-refractivity contribution is 7.17. The Morgan fingerprint density at radius 3 is 2.52 bits per heavy atom. The Morgan fingerprint density at radius 1 is 1.07 bits per heavy atom. The SMILES string of the molecule is Cc1cc(C(=O)Nc2sc3c(c2C(=O)N2CCCCC2)CCCC3)c(C)o1. The molecule has 6 heteroatoms. The number of nitrogens with one attached hydrogen (secondary N) is 1. The van der Waals surface area contributed by atoms with Crippen LogP contribution in [0.15, 0.2) is 10.5 Å². The van der Waals surface area contributed by atoms with E-state index >= 15 is 0 Å². The summed E-state index contributed by atoms with van der Waals surface area (Å²) in [5.74, 6) is 1.21. The summed E-state index contributed by atoms with van der Waals surface area (Å²) in [6.07, 6.45) is 7.50. The molecule has 0 aromatic carbocycles. The first-order chi connectivity index (χ1) is 13.0. The van der Waals surface area contributed by atoms with E-state index in [1.54, 1.807) is 24.3 Å². The molecule has 144 valence electrons. The molecular weight excluding hydrogens is 360 g/mol. The fourth-order valence-corrected chi connectivity index (χ4v) is 5.44. The van der Waals surface area contributed by atoms with Crippen molar-refractivity contribution in [1.29, 1.82) is 0 Å². The second-order valence-electron chi connectivity index (χ2n) is 7.55. The predicted molar refractivity (Wildman–Crippen MR) is 107 cm³/mol. The lowest BCUT2D eigenvalue weighted by Gasteiger charge is -2.27. The van der Waals surface area contributed by atoms with Crippen molar-refractivity contribution in [2.75, 3.05) is 18.4 Å². The first kappa shape index (κ1) is 18.3. The van der Waals surface area contributed by atoms with E-state index in [0.29, 0.717) is 22.1 Å². The molecule has 27 heavy (non-hydrogen) atoms. The van der Waals surface area contributed by atoms with Gasteiger partial charge in [0, 0.05) is 18.0 Å². The van der Waals surface area contributed by atoms with Crippen molar-refractivity contribution in [3.63, 3.8) is 0 Å². The van der Waals surface area contributed by atoms with Gasteiger partial charge in [-0.1, -0.05) is 0 Å². The Labute approximate surface area is 163 Å². The van der Waals surface area contributed by atoms with E-state index in [9.17, 15) is 9.59 Å². The van der Waals surface area contributed by atoms with Gasteiger partial charge in [-0.25, -0.2) is 0 Å². The second-order valence-corrected chi connectivity index (χ2v) is 8.65. The lowest BCUT2D eigenvalue weighted by atomic mass is 9.94. The number of fused-ring (bicyclic) bond motifs is 1. The number of rotatable bonds is 3. The number of furan rings is 1. The van der Waals surface area contributed by atoms with Crippen LogP contribution in [-0.2, 0) is 12.8 Å². The number of amides is 2. The van der Waals surface area contributed by atoms with Crippen LogP contribution in [0.5, 0.6) is 0 Å². The third-order valence-corrected chi connectivity index (χ3v) is 6.75. The van der Waals surface area contributed by atoms with Crippen molar-refractivity contribution in [2.24, 2.45) is 0 Å². The summed E-state index contributed by atoms with van der Waals surface area (Å²) in [4.78, 5) is 29.4. The first-order valence-corrected chi connectivity index (χ1v) is 10.7. The third-order valence-electron chi connectivity index (χ3n) is 5.54. The number of aryl methyl sites for hydroxylation is 3. The molecule has 0 radical (unpaired) electrons. The van der Waals surface area contributed by atoms with Gasteiger partial charge in [0.15, 0.2) is 0 Å². The smallest absolute Gasteiger partial charge is 0.259 e. The van der Waals surface area contributed by atoms with Crippen LogP contribution in [0.2, 0.25) is 0 Å². The van der Waals surface area contributed by atoms with Crippen molar-refractivity contribution in [3.05, 3.63) is 39.2 Å². The number of thiophene rings is 1. The normalized spacial score (nSPS) is 16.9. The van der Waals surface area contributed by atoms with E-state index < -0.39 is 0 Å². The molecule has 0 saturated carbocycles. The Balaban J connectivity index is 1.67. The lowest BCUT2D eigenvalue weighted by Crippen LogP contribution is -2.36. The van der Waals surface area contributed by atoms with Gasteiger partial charge in [-0.15, -0.1) is 11.3 Å². The largest absolute Gasteiger partial charge is 0.466 e.